The highest BCUT2D eigenvalue weighted by molar-refractivity contribution is 5.91. The largest absolute Gasteiger partial charge is 0.508 e. The number of hydrogen-bond donors (Lipinski definition) is 1. The van der Waals surface area contributed by atoms with Gasteiger partial charge in [-0.2, -0.15) is 0 Å². The highest BCUT2D eigenvalue weighted by Gasteiger charge is 2.23. The molecule has 0 radical (unpaired) electrons. The maximum absolute atomic E-state index is 12.3. The molecule has 0 unspecified atom stereocenters. The van der Waals surface area contributed by atoms with E-state index in [1.807, 2.05) is 24.3 Å². The number of anilines is 1. The molecule has 1 N–H and O–H groups in total. The van der Waals surface area contributed by atoms with Gasteiger partial charge in [-0.25, -0.2) is 4.79 Å². The maximum Gasteiger partial charge on any atom is 0.338 e. The number of para-hydroxylation sites is 2. The van der Waals surface area contributed by atoms with Crippen molar-refractivity contribution in [3.8, 4) is 11.5 Å². The predicted octanol–water partition coefficient (Wildman–Crippen LogP) is 1.91. The molecule has 0 aromatic heterocycles. The summed E-state index contributed by atoms with van der Waals surface area (Å²) in [5.74, 6) is -0.0874. The molecule has 7 nitrogen and oxygen atoms in total. The van der Waals surface area contributed by atoms with Crippen LogP contribution >= 0.6 is 0 Å². The van der Waals surface area contributed by atoms with Gasteiger partial charge in [0, 0.05) is 26.2 Å². The van der Waals surface area contributed by atoms with Gasteiger partial charge in [0.05, 0.1) is 18.4 Å². The molecule has 0 bridgehead atoms. The van der Waals surface area contributed by atoms with E-state index in [2.05, 4.69) is 4.90 Å². The number of amides is 1. The van der Waals surface area contributed by atoms with Crippen LogP contribution in [0.15, 0.2) is 48.5 Å². The number of methoxy groups -OCH3 is 1. The number of nitrogens with zero attached hydrogens (tertiary/aromatic N) is 2. The zero-order valence-electron chi connectivity index (χ0n) is 15.1. The second kappa shape index (κ2) is 8.44. The molecule has 1 aliphatic heterocycles. The van der Waals surface area contributed by atoms with Crippen molar-refractivity contribution in [3.05, 3.63) is 54.1 Å². The van der Waals surface area contributed by atoms with Crippen molar-refractivity contribution in [1.29, 1.82) is 0 Å². The molecular formula is C20H22N2O5. The van der Waals surface area contributed by atoms with E-state index in [1.54, 1.807) is 18.1 Å². The maximum atomic E-state index is 12.3. The fraction of sp³-hybridized carbons (Fsp3) is 0.300. The number of hydrogen-bond acceptors (Lipinski definition) is 6. The molecule has 1 heterocycles. The van der Waals surface area contributed by atoms with E-state index >= 15 is 0 Å². The van der Waals surface area contributed by atoms with Gasteiger partial charge in [0.25, 0.3) is 5.91 Å². The van der Waals surface area contributed by atoms with Crippen LogP contribution < -0.4 is 9.64 Å². The third kappa shape index (κ3) is 4.49. The SMILES string of the molecule is COc1ccccc1N1CCN(C(=O)COC(=O)c2cccc(O)c2)CC1. The van der Waals surface area contributed by atoms with E-state index in [-0.39, 0.29) is 23.8 Å². The van der Waals surface area contributed by atoms with Crippen LogP contribution in [0, 0.1) is 0 Å². The van der Waals surface area contributed by atoms with Crippen LogP contribution in [0.2, 0.25) is 0 Å². The quantitative estimate of drug-likeness (QED) is 0.810. The molecule has 0 aliphatic carbocycles. The highest BCUT2D eigenvalue weighted by atomic mass is 16.5. The minimum atomic E-state index is -0.632. The summed E-state index contributed by atoms with van der Waals surface area (Å²) in [7, 11) is 1.64. The molecule has 2 aromatic rings. The normalized spacial score (nSPS) is 14.0. The van der Waals surface area contributed by atoms with Crippen molar-refractivity contribution in [2.24, 2.45) is 0 Å². The molecule has 0 atom stereocenters. The lowest BCUT2D eigenvalue weighted by Crippen LogP contribution is -2.50. The summed E-state index contributed by atoms with van der Waals surface area (Å²) >= 11 is 0. The van der Waals surface area contributed by atoms with Crippen LogP contribution in [0.1, 0.15) is 10.4 Å². The third-order valence-corrected chi connectivity index (χ3v) is 4.47. The Kier molecular flexibility index (Phi) is 5.80. The zero-order chi connectivity index (χ0) is 19.2. The van der Waals surface area contributed by atoms with Crippen molar-refractivity contribution < 1.29 is 24.2 Å². The molecule has 7 heteroatoms. The first-order valence-corrected chi connectivity index (χ1v) is 8.70. The van der Waals surface area contributed by atoms with Crippen LogP contribution in [0.4, 0.5) is 5.69 Å². The summed E-state index contributed by atoms with van der Waals surface area (Å²) in [6, 6.07) is 13.6. The first kappa shape index (κ1) is 18.6. The van der Waals surface area contributed by atoms with Crippen molar-refractivity contribution in [2.75, 3.05) is 44.8 Å². The Bertz CT molecular complexity index is 816. The molecule has 1 fully saturated rings. The topological polar surface area (TPSA) is 79.3 Å². The third-order valence-electron chi connectivity index (χ3n) is 4.47. The van der Waals surface area contributed by atoms with Crippen molar-refractivity contribution in [3.63, 3.8) is 0 Å². The molecule has 1 aliphatic rings. The van der Waals surface area contributed by atoms with Gasteiger partial charge in [0.2, 0.25) is 0 Å². The van der Waals surface area contributed by atoms with E-state index < -0.39 is 5.97 Å². The average Bonchev–Trinajstić information content (AvgIpc) is 2.71. The van der Waals surface area contributed by atoms with Gasteiger partial charge in [-0.1, -0.05) is 18.2 Å². The Morgan fingerprint density at radius 2 is 1.78 bits per heavy atom. The standard InChI is InChI=1S/C20H22N2O5/c1-26-18-8-3-2-7-17(18)21-9-11-22(12-10-21)19(24)14-27-20(25)15-5-4-6-16(23)13-15/h2-8,13,23H,9-12,14H2,1H3. The predicted molar refractivity (Wildman–Crippen MR) is 100 cm³/mol. The minimum Gasteiger partial charge on any atom is -0.508 e. The van der Waals surface area contributed by atoms with Gasteiger partial charge < -0.3 is 24.4 Å². The molecule has 2 aromatic carbocycles. The second-order valence-electron chi connectivity index (χ2n) is 6.17. The van der Waals surface area contributed by atoms with E-state index in [1.165, 1.54) is 18.2 Å². The fourth-order valence-electron chi connectivity index (χ4n) is 3.02. The van der Waals surface area contributed by atoms with Gasteiger partial charge in [0.1, 0.15) is 11.5 Å². The van der Waals surface area contributed by atoms with Gasteiger partial charge in [-0.3, -0.25) is 4.79 Å². The fourth-order valence-corrected chi connectivity index (χ4v) is 3.02. The van der Waals surface area contributed by atoms with Crippen LogP contribution in [0.3, 0.4) is 0 Å². The number of piperazine rings is 1. The molecule has 3 rings (SSSR count). The molecule has 1 amide bonds. The van der Waals surface area contributed by atoms with Gasteiger partial charge >= 0.3 is 5.97 Å². The van der Waals surface area contributed by atoms with Crippen LogP contribution in [-0.4, -0.2) is 61.8 Å². The highest BCUT2D eigenvalue weighted by Crippen LogP contribution is 2.28. The molecule has 1 saturated heterocycles. The molecule has 0 spiro atoms. The average molecular weight is 370 g/mol. The van der Waals surface area contributed by atoms with Gasteiger partial charge in [0.15, 0.2) is 6.61 Å². The summed E-state index contributed by atoms with van der Waals surface area (Å²) < 4.78 is 10.5. The monoisotopic (exact) mass is 370 g/mol. The number of carbonyl (C=O) groups excluding carboxylic acids is 2. The van der Waals surface area contributed by atoms with E-state index in [4.69, 9.17) is 9.47 Å². The Labute approximate surface area is 157 Å². The Morgan fingerprint density at radius 3 is 2.48 bits per heavy atom. The van der Waals surface area contributed by atoms with Crippen molar-refractivity contribution in [2.45, 2.75) is 0 Å². The minimum absolute atomic E-state index is 0.0248. The summed E-state index contributed by atoms with van der Waals surface area (Å²) in [5, 5.41) is 9.40. The van der Waals surface area contributed by atoms with E-state index in [0.29, 0.717) is 26.2 Å². The number of aromatic hydroxyl groups is 1. The number of carbonyl (C=O) groups is 2. The summed E-state index contributed by atoms with van der Waals surface area (Å²) in [6.07, 6.45) is 0. The molecule has 27 heavy (non-hydrogen) atoms. The molecule has 142 valence electrons. The Balaban J connectivity index is 1.50. The first-order chi connectivity index (χ1) is 13.1. The smallest absolute Gasteiger partial charge is 0.338 e. The van der Waals surface area contributed by atoms with Gasteiger partial charge in [-0.15, -0.1) is 0 Å². The van der Waals surface area contributed by atoms with Crippen LogP contribution in [-0.2, 0) is 9.53 Å². The summed E-state index contributed by atoms with van der Waals surface area (Å²) in [6.45, 7) is 2.11. The first-order valence-electron chi connectivity index (χ1n) is 8.70. The van der Waals surface area contributed by atoms with Crippen molar-refractivity contribution in [1.82, 2.24) is 4.90 Å². The Hall–Kier alpha value is -3.22. The summed E-state index contributed by atoms with van der Waals surface area (Å²) in [4.78, 5) is 28.1. The zero-order valence-corrected chi connectivity index (χ0v) is 15.1. The molecular weight excluding hydrogens is 348 g/mol. The lowest BCUT2D eigenvalue weighted by atomic mass is 10.2. The van der Waals surface area contributed by atoms with E-state index in [0.717, 1.165) is 11.4 Å². The van der Waals surface area contributed by atoms with Crippen LogP contribution in [0.5, 0.6) is 11.5 Å². The van der Waals surface area contributed by atoms with Crippen LogP contribution in [0.25, 0.3) is 0 Å². The van der Waals surface area contributed by atoms with Crippen molar-refractivity contribution >= 4 is 17.6 Å². The lowest BCUT2D eigenvalue weighted by molar-refractivity contribution is -0.134. The number of esters is 1. The Morgan fingerprint density at radius 1 is 1.04 bits per heavy atom. The number of benzene rings is 2. The van der Waals surface area contributed by atoms with E-state index in [9.17, 15) is 14.7 Å². The summed E-state index contributed by atoms with van der Waals surface area (Å²) in [5.41, 5.74) is 1.21. The lowest BCUT2D eigenvalue weighted by Gasteiger charge is -2.36. The molecule has 0 saturated carbocycles. The number of phenolic OH excluding ortho intramolecular Hbond substituents is 1. The number of phenols is 1. The second-order valence-corrected chi connectivity index (χ2v) is 6.17. The van der Waals surface area contributed by atoms with Gasteiger partial charge in [-0.05, 0) is 30.3 Å². The number of rotatable bonds is 5. The number of ether oxygens (including phenoxy) is 2.